The van der Waals surface area contributed by atoms with Gasteiger partial charge < -0.3 is 4.74 Å². The minimum absolute atomic E-state index is 0.0219. The van der Waals surface area contributed by atoms with Gasteiger partial charge in [-0.15, -0.1) is 0 Å². The Morgan fingerprint density at radius 1 is 1.06 bits per heavy atom. The van der Waals surface area contributed by atoms with E-state index in [9.17, 15) is 24.5 Å². The number of non-ortho nitro benzene ring substituents is 1. The van der Waals surface area contributed by atoms with E-state index < -0.39 is 22.8 Å². The van der Waals surface area contributed by atoms with Crippen LogP contribution in [0.25, 0.3) is 6.08 Å². The van der Waals surface area contributed by atoms with Gasteiger partial charge in [0.05, 0.1) is 10.6 Å². The van der Waals surface area contributed by atoms with Crippen molar-refractivity contribution in [2.75, 3.05) is 4.90 Å². The number of ether oxygens (including phenoxy) is 1. The van der Waals surface area contributed by atoms with Gasteiger partial charge in [-0.3, -0.25) is 25.0 Å². The molecule has 1 fully saturated rings. The maximum absolute atomic E-state index is 13.4. The van der Waals surface area contributed by atoms with Crippen LogP contribution in [0.15, 0.2) is 76.8 Å². The number of rotatable bonds is 7. The number of carbonyl (C=O) groups excluding carboxylic acids is 3. The third-order valence-electron chi connectivity index (χ3n) is 5.50. The Morgan fingerprint density at radius 2 is 1.83 bits per heavy atom. The van der Waals surface area contributed by atoms with E-state index in [1.807, 2.05) is 19.1 Å². The van der Waals surface area contributed by atoms with Gasteiger partial charge in [0.25, 0.3) is 17.5 Å². The number of carbonyl (C=O) groups is 3. The predicted octanol–water partition coefficient (Wildman–Crippen LogP) is 5.17. The number of nitrogens with one attached hydrogen (secondary N) is 1. The van der Waals surface area contributed by atoms with Crippen LogP contribution in [-0.4, -0.2) is 22.8 Å². The summed E-state index contributed by atoms with van der Waals surface area (Å²) >= 11 is 3.38. The predicted molar refractivity (Wildman–Crippen MR) is 136 cm³/mol. The molecule has 1 saturated heterocycles. The zero-order chi connectivity index (χ0) is 25.8. The molecule has 4 amide bonds. The highest BCUT2D eigenvalue weighted by molar-refractivity contribution is 9.10. The molecule has 0 saturated carbocycles. The average Bonchev–Trinajstić information content (AvgIpc) is 2.86. The standard InChI is InChI=1S/C26H20BrN3O6/c1-2-17-7-3-4-9-22(17)29-25(32)21(24(31)28-26(29)33)14-18-13-19(27)10-11-23(18)36-15-16-6-5-8-20(12-16)30(34)35/h3-14H,2,15H2,1H3,(H,28,31,33)/b21-14-. The number of amides is 4. The van der Waals surface area contributed by atoms with E-state index in [1.165, 1.54) is 18.2 Å². The normalized spacial score (nSPS) is 14.7. The minimum Gasteiger partial charge on any atom is -0.488 e. The molecule has 182 valence electrons. The van der Waals surface area contributed by atoms with Gasteiger partial charge in [0.15, 0.2) is 0 Å². The topological polar surface area (TPSA) is 119 Å². The number of barbiturate groups is 1. The number of para-hydroxylation sites is 1. The van der Waals surface area contributed by atoms with Crippen molar-refractivity contribution in [3.8, 4) is 5.75 Å². The largest absolute Gasteiger partial charge is 0.488 e. The fourth-order valence-corrected chi connectivity index (χ4v) is 4.12. The third kappa shape index (κ3) is 5.18. The minimum atomic E-state index is -0.820. The summed E-state index contributed by atoms with van der Waals surface area (Å²) in [6.45, 7) is 1.92. The van der Waals surface area contributed by atoms with Crippen molar-refractivity contribution >= 4 is 51.2 Å². The SMILES string of the molecule is CCc1ccccc1N1C(=O)NC(=O)/C(=C/c2cc(Br)ccc2OCc2cccc([N+](=O)[O-])c2)C1=O. The summed E-state index contributed by atoms with van der Waals surface area (Å²) in [5.74, 6) is -1.23. The molecule has 1 aliphatic rings. The molecular weight excluding hydrogens is 530 g/mol. The molecule has 1 aliphatic heterocycles. The maximum atomic E-state index is 13.4. The van der Waals surface area contributed by atoms with Crippen molar-refractivity contribution in [2.45, 2.75) is 20.0 Å². The number of hydrogen-bond acceptors (Lipinski definition) is 6. The molecule has 1 N–H and O–H groups in total. The van der Waals surface area contributed by atoms with Gasteiger partial charge in [-0.2, -0.15) is 0 Å². The van der Waals surface area contributed by atoms with Gasteiger partial charge in [0.1, 0.15) is 17.9 Å². The molecule has 4 rings (SSSR count). The number of anilines is 1. The van der Waals surface area contributed by atoms with Crippen molar-refractivity contribution in [3.63, 3.8) is 0 Å². The first-order valence-electron chi connectivity index (χ1n) is 10.9. The number of aryl methyl sites for hydroxylation is 1. The summed E-state index contributed by atoms with van der Waals surface area (Å²) in [5, 5.41) is 13.3. The first-order chi connectivity index (χ1) is 17.3. The van der Waals surface area contributed by atoms with Gasteiger partial charge in [-0.25, -0.2) is 9.69 Å². The number of nitro groups is 1. The number of nitrogens with zero attached hydrogens (tertiary/aromatic N) is 2. The summed E-state index contributed by atoms with van der Waals surface area (Å²) in [7, 11) is 0. The van der Waals surface area contributed by atoms with E-state index in [0.717, 1.165) is 10.5 Å². The van der Waals surface area contributed by atoms with Gasteiger partial charge in [0.2, 0.25) is 0 Å². The molecule has 0 unspecified atom stereocenters. The van der Waals surface area contributed by atoms with Crippen molar-refractivity contribution in [3.05, 3.63) is 104 Å². The summed E-state index contributed by atoms with van der Waals surface area (Å²) < 4.78 is 6.55. The third-order valence-corrected chi connectivity index (χ3v) is 6.00. The van der Waals surface area contributed by atoms with Crippen LogP contribution in [0.2, 0.25) is 0 Å². The maximum Gasteiger partial charge on any atom is 0.335 e. The van der Waals surface area contributed by atoms with Gasteiger partial charge in [0, 0.05) is 22.2 Å². The highest BCUT2D eigenvalue weighted by Gasteiger charge is 2.37. The molecule has 9 nitrogen and oxygen atoms in total. The smallest absolute Gasteiger partial charge is 0.335 e. The Hall–Kier alpha value is -4.31. The van der Waals surface area contributed by atoms with Crippen LogP contribution in [0, 0.1) is 10.1 Å². The van der Waals surface area contributed by atoms with Crippen molar-refractivity contribution < 1.29 is 24.0 Å². The second-order valence-corrected chi connectivity index (χ2v) is 8.75. The fraction of sp³-hybridized carbons (Fsp3) is 0.115. The Labute approximate surface area is 214 Å². The molecule has 0 bridgehead atoms. The number of imide groups is 2. The molecule has 0 radical (unpaired) electrons. The highest BCUT2D eigenvalue weighted by Crippen LogP contribution is 2.30. The van der Waals surface area contributed by atoms with Gasteiger partial charge in [-0.1, -0.05) is 53.2 Å². The second-order valence-electron chi connectivity index (χ2n) is 7.84. The lowest BCUT2D eigenvalue weighted by atomic mass is 10.0. The Morgan fingerprint density at radius 3 is 2.58 bits per heavy atom. The van der Waals surface area contributed by atoms with E-state index in [4.69, 9.17) is 4.74 Å². The van der Waals surface area contributed by atoms with Gasteiger partial charge >= 0.3 is 6.03 Å². The average molecular weight is 550 g/mol. The lowest BCUT2D eigenvalue weighted by Crippen LogP contribution is -2.54. The number of halogens is 1. The number of hydrogen-bond donors (Lipinski definition) is 1. The molecule has 3 aromatic rings. The molecule has 10 heteroatoms. The lowest BCUT2D eigenvalue weighted by Gasteiger charge is -2.28. The zero-order valence-corrected chi connectivity index (χ0v) is 20.7. The summed E-state index contributed by atoms with van der Waals surface area (Å²) in [6.07, 6.45) is 1.95. The molecule has 0 aliphatic carbocycles. The fourth-order valence-electron chi connectivity index (χ4n) is 3.74. The van der Waals surface area contributed by atoms with Crippen LogP contribution in [0.3, 0.4) is 0 Å². The highest BCUT2D eigenvalue weighted by atomic mass is 79.9. The van der Waals surface area contributed by atoms with Crippen LogP contribution in [0.4, 0.5) is 16.2 Å². The van der Waals surface area contributed by atoms with E-state index in [-0.39, 0.29) is 17.9 Å². The Bertz CT molecular complexity index is 1420. The van der Waals surface area contributed by atoms with E-state index in [2.05, 4.69) is 21.2 Å². The van der Waals surface area contributed by atoms with Crippen molar-refractivity contribution in [2.24, 2.45) is 0 Å². The second kappa shape index (κ2) is 10.5. The lowest BCUT2D eigenvalue weighted by molar-refractivity contribution is -0.384. The summed E-state index contributed by atoms with van der Waals surface area (Å²) in [6, 6.07) is 17.2. The molecule has 0 atom stereocenters. The van der Waals surface area contributed by atoms with Crippen LogP contribution >= 0.6 is 15.9 Å². The molecular formula is C26H20BrN3O6. The monoisotopic (exact) mass is 549 g/mol. The van der Waals surface area contributed by atoms with E-state index >= 15 is 0 Å². The van der Waals surface area contributed by atoms with E-state index in [1.54, 1.807) is 42.5 Å². The zero-order valence-electron chi connectivity index (χ0n) is 19.1. The van der Waals surface area contributed by atoms with Crippen LogP contribution in [-0.2, 0) is 22.6 Å². The molecule has 0 aromatic heterocycles. The quantitative estimate of drug-likeness (QED) is 0.188. The molecule has 3 aromatic carbocycles. The van der Waals surface area contributed by atoms with Crippen LogP contribution in [0.1, 0.15) is 23.6 Å². The van der Waals surface area contributed by atoms with Crippen LogP contribution in [0.5, 0.6) is 5.75 Å². The van der Waals surface area contributed by atoms with Crippen LogP contribution < -0.4 is 15.0 Å². The number of urea groups is 1. The number of benzene rings is 3. The first-order valence-corrected chi connectivity index (χ1v) is 11.7. The Balaban J connectivity index is 1.68. The number of nitro benzene ring substituents is 1. The van der Waals surface area contributed by atoms with Gasteiger partial charge in [-0.05, 0) is 47.9 Å². The first kappa shape index (κ1) is 24.8. The Kier molecular flexibility index (Phi) is 7.25. The van der Waals surface area contributed by atoms with E-state index in [0.29, 0.717) is 33.5 Å². The molecule has 1 heterocycles. The summed E-state index contributed by atoms with van der Waals surface area (Å²) in [5.41, 5.74) is 1.86. The summed E-state index contributed by atoms with van der Waals surface area (Å²) in [4.78, 5) is 50.1. The van der Waals surface area contributed by atoms with Crippen molar-refractivity contribution in [1.29, 1.82) is 0 Å². The van der Waals surface area contributed by atoms with Crippen molar-refractivity contribution in [1.82, 2.24) is 5.32 Å². The molecule has 0 spiro atoms. The molecule has 36 heavy (non-hydrogen) atoms.